The van der Waals surface area contributed by atoms with Gasteiger partial charge in [-0.3, -0.25) is 9.13 Å². The summed E-state index contributed by atoms with van der Waals surface area (Å²) in [6.45, 7) is 1.85. The Morgan fingerprint density at radius 1 is 1.05 bits per heavy atom. The molecular weight excluding hydrogens is 280 g/mol. The molecule has 22 heavy (non-hydrogen) atoms. The average molecular weight is 295 g/mol. The molecule has 0 radical (unpaired) electrons. The minimum atomic E-state index is -1.27. The number of aliphatic carboxylic acids is 1. The molecule has 0 saturated carbocycles. The van der Waals surface area contributed by atoms with Crippen LogP contribution in [-0.2, 0) is 11.3 Å². The fourth-order valence-corrected chi connectivity index (χ4v) is 2.63. The second kappa shape index (κ2) is 5.52. The largest absolute Gasteiger partial charge is 0.548 e. The molecule has 0 N–H and O–H groups in total. The number of aromatic nitrogens is 2. The summed E-state index contributed by atoms with van der Waals surface area (Å²) in [5.41, 5.74) is 1.94. The summed E-state index contributed by atoms with van der Waals surface area (Å²) in [5, 5.41) is 11.2. The predicted molar refractivity (Wildman–Crippen MR) is 81.5 cm³/mol. The fraction of sp³-hybridized carbons (Fsp3) is 0.176. The van der Waals surface area contributed by atoms with Crippen molar-refractivity contribution < 1.29 is 9.90 Å². The van der Waals surface area contributed by atoms with Crippen LogP contribution in [0.15, 0.2) is 59.4 Å². The van der Waals surface area contributed by atoms with Gasteiger partial charge in [-0.1, -0.05) is 42.5 Å². The second-order valence-corrected chi connectivity index (χ2v) is 5.21. The standard InChI is InChI=1S/C17H16N2O3/c1-12(16(20)21)19-15-10-6-5-9-14(15)18(17(19)22)11-13-7-3-2-4-8-13/h2-10,12H,11H2,1H3,(H,20,21)/p-1/t12-/m1/s1. The van der Waals surface area contributed by atoms with E-state index in [9.17, 15) is 14.7 Å². The van der Waals surface area contributed by atoms with Crippen LogP contribution in [0.25, 0.3) is 11.0 Å². The van der Waals surface area contributed by atoms with Gasteiger partial charge in [0.15, 0.2) is 0 Å². The van der Waals surface area contributed by atoms with E-state index < -0.39 is 12.0 Å². The third kappa shape index (κ3) is 2.30. The molecule has 112 valence electrons. The lowest BCUT2D eigenvalue weighted by Crippen LogP contribution is -2.37. The Kier molecular flexibility index (Phi) is 3.55. The van der Waals surface area contributed by atoms with Gasteiger partial charge in [0.1, 0.15) is 0 Å². The lowest BCUT2D eigenvalue weighted by molar-refractivity contribution is -0.309. The first kappa shape index (κ1) is 14.1. The number of carboxylic acids is 1. The van der Waals surface area contributed by atoms with E-state index in [0.717, 1.165) is 5.56 Å². The molecule has 0 bridgehead atoms. The lowest BCUT2D eigenvalue weighted by atomic mass is 10.2. The molecule has 5 heteroatoms. The van der Waals surface area contributed by atoms with Gasteiger partial charge in [0.05, 0.1) is 29.6 Å². The zero-order valence-electron chi connectivity index (χ0n) is 12.1. The first-order chi connectivity index (χ1) is 10.6. The summed E-state index contributed by atoms with van der Waals surface area (Å²) in [7, 11) is 0. The third-order valence-corrected chi connectivity index (χ3v) is 3.78. The highest BCUT2D eigenvalue weighted by Crippen LogP contribution is 2.18. The van der Waals surface area contributed by atoms with Crippen LogP contribution < -0.4 is 10.8 Å². The molecule has 3 rings (SSSR count). The molecule has 0 aliphatic heterocycles. The molecule has 0 amide bonds. The van der Waals surface area contributed by atoms with Crippen molar-refractivity contribution in [1.82, 2.24) is 9.13 Å². The Labute approximate surface area is 127 Å². The van der Waals surface area contributed by atoms with E-state index in [1.807, 2.05) is 42.5 Å². The van der Waals surface area contributed by atoms with Crippen molar-refractivity contribution in [2.45, 2.75) is 19.5 Å². The molecule has 3 aromatic rings. The van der Waals surface area contributed by atoms with E-state index in [0.29, 0.717) is 17.6 Å². The summed E-state index contributed by atoms with van der Waals surface area (Å²) in [4.78, 5) is 23.9. The van der Waals surface area contributed by atoms with Gasteiger partial charge in [0, 0.05) is 0 Å². The van der Waals surface area contributed by atoms with E-state index in [4.69, 9.17) is 0 Å². The molecular formula is C17H15N2O3-. The molecule has 0 unspecified atom stereocenters. The zero-order chi connectivity index (χ0) is 15.7. The topological polar surface area (TPSA) is 67.1 Å². The van der Waals surface area contributed by atoms with Crippen molar-refractivity contribution in [3.8, 4) is 0 Å². The minimum Gasteiger partial charge on any atom is -0.548 e. The summed E-state index contributed by atoms with van der Waals surface area (Å²) in [6, 6.07) is 15.7. The molecule has 1 heterocycles. The number of hydrogen-bond acceptors (Lipinski definition) is 3. The maximum atomic E-state index is 12.7. The summed E-state index contributed by atoms with van der Waals surface area (Å²) >= 11 is 0. The molecule has 5 nitrogen and oxygen atoms in total. The third-order valence-electron chi connectivity index (χ3n) is 3.78. The molecule has 1 atom stereocenters. The van der Waals surface area contributed by atoms with E-state index in [2.05, 4.69) is 0 Å². The first-order valence-electron chi connectivity index (χ1n) is 7.04. The maximum absolute atomic E-state index is 12.7. The first-order valence-corrected chi connectivity index (χ1v) is 7.04. The molecule has 1 aromatic heterocycles. The number of nitrogens with zero attached hydrogens (tertiary/aromatic N) is 2. The zero-order valence-corrected chi connectivity index (χ0v) is 12.1. The Balaban J connectivity index is 2.21. The molecule has 0 saturated heterocycles. The molecule has 0 fully saturated rings. The van der Waals surface area contributed by atoms with Gasteiger partial charge in [-0.25, -0.2) is 4.79 Å². The van der Waals surface area contributed by atoms with Gasteiger partial charge < -0.3 is 9.90 Å². The summed E-state index contributed by atoms with van der Waals surface area (Å²) in [5.74, 6) is -1.27. The molecule has 0 aliphatic carbocycles. The van der Waals surface area contributed by atoms with Crippen molar-refractivity contribution in [3.63, 3.8) is 0 Å². The van der Waals surface area contributed by atoms with Crippen LogP contribution in [0.4, 0.5) is 0 Å². The number of benzene rings is 2. The average Bonchev–Trinajstić information content (AvgIpc) is 2.80. The van der Waals surface area contributed by atoms with E-state index in [-0.39, 0.29) is 5.69 Å². The van der Waals surface area contributed by atoms with Crippen LogP contribution >= 0.6 is 0 Å². The molecule has 0 spiro atoms. The van der Waals surface area contributed by atoms with Crippen LogP contribution in [0.3, 0.4) is 0 Å². The van der Waals surface area contributed by atoms with Gasteiger partial charge in [-0.2, -0.15) is 0 Å². The fourth-order valence-electron chi connectivity index (χ4n) is 2.63. The highest BCUT2D eigenvalue weighted by molar-refractivity contribution is 5.79. The van der Waals surface area contributed by atoms with Gasteiger partial charge in [-0.05, 0) is 24.6 Å². The molecule has 2 aromatic carbocycles. The van der Waals surface area contributed by atoms with Crippen molar-refractivity contribution >= 4 is 17.0 Å². The summed E-state index contributed by atoms with van der Waals surface area (Å²) < 4.78 is 2.86. The monoisotopic (exact) mass is 295 g/mol. The van der Waals surface area contributed by atoms with Gasteiger partial charge in [-0.15, -0.1) is 0 Å². The Hall–Kier alpha value is -2.82. The summed E-state index contributed by atoms with van der Waals surface area (Å²) in [6.07, 6.45) is 0. The lowest BCUT2D eigenvalue weighted by Gasteiger charge is -2.14. The van der Waals surface area contributed by atoms with Crippen LogP contribution in [0.1, 0.15) is 18.5 Å². The highest BCUT2D eigenvalue weighted by Gasteiger charge is 2.17. The second-order valence-electron chi connectivity index (χ2n) is 5.21. The van der Waals surface area contributed by atoms with Gasteiger partial charge in [0.2, 0.25) is 0 Å². The Morgan fingerprint density at radius 2 is 1.64 bits per heavy atom. The van der Waals surface area contributed by atoms with Crippen molar-refractivity contribution in [2.75, 3.05) is 0 Å². The molecule has 0 aliphatic rings. The van der Waals surface area contributed by atoms with Crippen LogP contribution in [0, 0.1) is 0 Å². The van der Waals surface area contributed by atoms with Gasteiger partial charge in [0.25, 0.3) is 0 Å². The minimum absolute atomic E-state index is 0.346. The van der Waals surface area contributed by atoms with Crippen molar-refractivity contribution in [1.29, 1.82) is 0 Å². The quantitative estimate of drug-likeness (QED) is 0.725. The number of rotatable bonds is 4. The van der Waals surface area contributed by atoms with Gasteiger partial charge >= 0.3 is 5.69 Å². The maximum Gasteiger partial charge on any atom is 0.330 e. The van der Waals surface area contributed by atoms with Crippen molar-refractivity contribution in [2.24, 2.45) is 0 Å². The smallest absolute Gasteiger partial charge is 0.330 e. The number of hydrogen-bond donors (Lipinski definition) is 0. The van der Waals surface area contributed by atoms with E-state index >= 15 is 0 Å². The van der Waals surface area contributed by atoms with Crippen LogP contribution in [0.5, 0.6) is 0 Å². The number of carbonyl (C=O) groups is 1. The van der Waals surface area contributed by atoms with E-state index in [1.165, 1.54) is 11.5 Å². The number of carboxylic acid groups (broad SMARTS) is 1. The predicted octanol–water partition coefficient (Wildman–Crippen LogP) is 1.16. The highest BCUT2D eigenvalue weighted by atomic mass is 16.4. The SMILES string of the molecule is C[C@H](C(=O)[O-])n1c(=O)n(Cc2ccccc2)c2ccccc21. The van der Waals surface area contributed by atoms with Crippen molar-refractivity contribution in [3.05, 3.63) is 70.6 Å². The number of para-hydroxylation sites is 2. The number of fused-ring (bicyclic) bond motifs is 1. The Bertz CT molecular complexity index is 878. The number of carbonyl (C=O) groups excluding carboxylic acids is 1. The number of imidazole rings is 1. The van der Waals surface area contributed by atoms with Crippen LogP contribution in [-0.4, -0.2) is 15.1 Å². The normalized spacial score (nSPS) is 12.4. The van der Waals surface area contributed by atoms with Crippen LogP contribution in [0.2, 0.25) is 0 Å². The van der Waals surface area contributed by atoms with E-state index in [1.54, 1.807) is 16.7 Å². The Morgan fingerprint density at radius 3 is 2.27 bits per heavy atom.